The molecular formula is C13H9Cl2NOS. The Bertz CT molecular complexity index is 564. The summed E-state index contributed by atoms with van der Waals surface area (Å²) in [5, 5.41) is 3.37. The zero-order valence-corrected chi connectivity index (χ0v) is 11.6. The molecule has 1 amide bonds. The van der Waals surface area contributed by atoms with Gasteiger partial charge in [-0.3, -0.25) is 4.79 Å². The summed E-state index contributed by atoms with van der Waals surface area (Å²) in [7, 11) is 0. The van der Waals surface area contributed by atoms with Crippen LogP contribution in [0.3, 0.4) is 0 Å². The molecule has 5 heteroatoms. The van der Waals surface area contributed by atoms with Crippen molar-refractivity contribution in [2.45, 2.75) is 4.90 Å². The van der Waals surface area contributed by atoms with Crippen molar-refractivity contribution in [2.24, 2.45) is 0 Å². The first-order valence-corrected chi connectivity index (χ1v) is 6.32. The minimum Gasteiger partial charge on any atom is -0.322 e. The van der Waals surface area contributed by atoms with E-state index in [2.05, 4.69) is 17.9 Å². The van der Waals surface area contributed by atoms with Crippen molar-refractivity contribution in [2.75, 3.05) is 5.32 Å². The monoisotopic (exact) mass is 297 g/mol. The summed E-state index contributed by atoms with van der Waals surface area (Å²) < 4.78 is 0. The number of carbonyl (C=O) groups excluding carboxylic acids is 1. The van der Waals surface area contributed by atoms with Gasteiger partial charge in [0.2, 0.25) is 0 Å². The van der Waals surface area contributed by atoms with Gasteiger partial charge < -0.3 is 5.32 Å². The number of thiol groups is 1. The Morgan fingerprint density at radius 2 is 1.56 bits per heavy atom. The number of rotatable bonds is 2. The molecule has 0 aliphatic heterocycles. The third-order valence-electron chi connectivity index (χ3n) is 2.31. The van der Waals surface area contributed by atoms with Gasteiger partial charge in [0.25, 0.3) is 5.91 Å². The Labute approximate surface area is 120 Å². The average Bonchev–Trinajstić information content (AvgIpc) is 2.32. The van der Waals surface area contributed by atoms with Crippen LogP contribution in [-0.2, 0) is 0 Å². The van der Waals surface area contributed by atoms with Crippen molar-refractivity contribution >= 4 is 47.4 Å². The normalized spacial score (nSPS) is 10.2. The molecule has 0 bridgehead atoms. The molecule has 0 heterocycles. The first-order valence-electron chi connectivity index (χ1n) is 5.12. The molecule has 0 aliphatic carbocycles. The molecule has 0 atom stereocenters. The Kier molecular flexibility index (Phi) is 4.17. The maximum absolute atomic E-state index is 12.0. The van der Waals surface area contributed by atoms with E-state index in [0.29, 0.717) is 15.7 Å². The van der Waals surface area contributed by atoms with Crippen molar-refractivity contribution in [1.29, 1.82) is 0 Å². The maximum atomic E-state index is 12.0. The molecule has 0 aromatic heterocycles. The molecule has 2 aromatic carbocycles. The van der Waals surface area contributed by atoms with E-state index in [1.165, 1.54) is 0 Å². The molecule has 2 aromatic rings. The van der Waals surface area contributed by atoms with Gasteiger partial charge in [0.15, 0.2) is 0 Å². The van der Waals surface area contributed by atoms with E-state index in [1.807, 2.05) is 0 Å². The lowest BCUT2D eigenvalue weighted by molar-refractivity contribution is 0.102. The first-order chi connectivity index (χ1) is 8.58. The summed E-state index contributed by atoms with van der Waals surface area (Å²) in [4.78, 5) is 12.9. The predicted molar refractivity (Wildman–Crippen MR) is 78.1 cm³/mol. The molecule has 0 saturated heterocycles. The predicted octanol–water partition coefficient (Wildman–Crippen LogP) is 4.53. The lowest BCUT2D eigenvalue weighted by atomic mass is 10.2. The topological polar surface area (TPSA) is 29.1 Å². The van der Waals surface area contributed by atoms with Crippen LogP contribution >= 0.6 is 35.8 Å². The third-order valence-corrected chi connectivity index (χ3v) is 3.24. The number of hydrogen-bond donors (Lipinski definition) is 2. The van der Waals surface area contributed by atoms with Gasteiger partial charge in [0.1, 0.15) is 0 Å². The number of anilines is 1. The Hall–Kier alpha value is -1.16. The molecular weight excluding hydrogens is 289 g/mol. The number of carbonyl (C=O) groups is 1. The zero-order valence-electron chi connectivity index (χ0n) is 9.15. The second-order valence-corrected chi connectivity index (χ2v) is 4.93. The van der Waals surface area contributed by atoms with E-state index in [4.69, 9.17) is 23.2 Å². The fraction of sp³-hybridized carbons (Fsp3) is 0. The third kappa shape index (κ3) is 2.99. The van der Waals surface area contributed by atoms with Crippen LogP contribution in [-0.4, -0.2) is 5.91 Å². The van der Waals surface area contributed by atoms with Gasteiger partial charge in [0, 0.05) is 10.6 Å². The Balaban J connectivity index is 2.25. The van der Waals surface area contributed by atoms with E-state index >= 15 is 0 Å². The van der Waals surface area contributed by atoms with Crippen molar-refractivity contribution < 1.29 is 4.79 Å². The first kappa shape index (κ1) is 13.3. The summed E-state index contributed by atoms with van der Waals surface area (Å²) in [6.45, 7) is 0. The van der Waals surface area contributed by atoms with Crippen LogP contribution in [0.1, 0.15) is 10.4 Å². The smallest absolute Gasteiger partial charge is 0.258 e. The van der Waals surface area contributed by atoms with Crippen LogP contribution in [0, 0.1) is 0 Å². The summed E-state index contributed by atoms with van der Waals surface area (Å²) in [6.07, 6.45) is 0. The fourth-order valence-electron chi connectivity index (χ4n) is 1.45. The molecule has 0 radical (unpaired) electrons. The van der Waals surface area contributed by atoms with E-state index in [0.717, 1.165) is 4.90 Å². The van der Waals surface area contributed by atoms with Gasteiger partial charge >= 0.3 is 0 Å². The van der Waals surface area contributed by atoms with Crippen LogP contribution in [0.25, 0.3) is 0 Å². The summed E-state index contributed by atoms with van der Waals surface area (Å²) in [5.74, 6) is -0.336. The molecule has 0 aliphatic rings. The Morgan fingerprint density at radius 1 is 1.00 bits per heavy atom. The molecule has 1 N–H and O–H groups in total. The van der Waals surface area contributed by atoms with Crippen molar-refractivity contribution in [1.82, 2.24) is 0 Å². The van der Waals surface area contributed by atoms with Crippen LogP contribution in [0.2, 0.25) is 10.0 Å². The highest BCUT2D eigenvalue weighted by atomic mass is 35.5. The van der Waals surface area contributed by atoms with Gasteiger partial charge in [0.05, 0.1) is 15.6 Å². The van der Waals surface area contributed by atoms with Gasteiger partial charge in [-0.15, -0.1) is 12.6 Å². The van der Waals surface area contributed by atoms with Gasteiger partial charge in [-0.25, -0.2) is 0 Å². The lowest BCUT2D eigenvalue weighted by Crippen LogP contribution is -2.13. The van der Waals surface area contributed by atoms with E-state index < -0.39 is 0 Å². The second kappa shape index (κ2) is 5.65. The lowest BCUT2D eigenvalue weighted by Gasteiger charge is -2.08. The fourth-order valence-corrected chi connectivity index (χ4v) is 2.17. The minimum atomic E-state index is -0.336. The van der Waals surface area contributed by atoms with Crippen molar-refractivity contribution in [3.8, 4) is 0 Å². The van der Waals surface area contributed by atoms with Crippen LogP contribution in [0.5, 0.6) is 0 Å². The molecule has 92 valence electrons. The molecule has 0 fully saturated rings. The molecule has 0 spiro atoms. The molecule has 18 heavy (non-hydrogen) atoms. The number of halogens is 2. The highest BCUT2D eigenvalue weighted by Crippen LogP contribution is 2.25. The van der Waals surface area contributed by atoms with E-state index in [9.17, 15) is 4.79 Å². The van der Waals surface area contributed by atoms with Gasteiger partial charge in [-0.1, -0.05) is 29.3 Å². The molecule has 2 rings (SSSR count). The summed E-state index contributed by atoms with van der Waals surface area (Å²) >= 11 is 16.1. The standard InChI is InChI=1S/C13H9Cl2NOS/c14-10-2-1-3-11(15)12(10)13(17)16-8-4-6-9(18)7-5-8/h1-7,18H,(H,16,17). The average molecular weight is 298 g/mol. The van der Waals surface area contributed by atoms with Crippen LogP contribution in [0.15, 0.2) is 47.4 Å². The number of benzene rings is 2. The zero-order chi connectivity index (χ0) is 13.1. The number of nitrogens with one attached hydrogen (secondary N) is 1. The van der Waals surface area contributed by atoms with E-state index in [-0.39, 0.29) is 11.5 Å². The van der Waals surface area contributed by atoms with Crippen molar-refractivity contribution in [3.05, 3.63) is 58.1 Å². The maximum Gasteiger partial charge on any atom is 0.258 e. The minimum absolute atomic E-state index is 0.274. The summed E-state index contributed by atoms with van der Waals surface area (Å²) in [5.41, 5.74) is 0.935. The largest absolute Gasteiger partial charge is 0.322 e. The van der Waals surface area contributed by atoms with Gasteiger partial charge in [-0.2, -0.15) is 0 Å². The van der Waals surface area contributed by atoms with E-state index in [1.54, 1.807) is 42.5 Å². The van der Waals surface area contributed by atoms with Gasteiger partial charge in [-0.05, 0) is 36.4 Å². The Morgan fingerprint density at radius 3 is 2.11 bits per heavy atom. The highest BCUT2D eigenvalue weighted by molar-refractivity contribution is 7.80. The quantitative estimate of drug-likeness (QED) is 0.783. The summed E-state index contributed by atoms with van der Waals surface area (Å²) in [6, 6.07) is 12.0. The van der Waals surface area contributed by atoms with Crippen LogP contribution < -0.4 is 5.32 Å². The highest BCUT2D eigenvalue weighted by Gasteiger charge is 2.14. The molecule has 2 nitrogen and oxygen atoms in total. The van der Waals surface area contributed by atoms with Crippen LogP contribution in [0.4, 0.5) is 5.69 Å². The van der Waals surface area contributed by atoms with Crippen molar-refractivity contribution in [3.63, 3.8) is 0 Å². The SMILES string of the molecule is O=C(Nc1ccc(S)cc1)c1c(Cl)cccc1Cl. The molecule has 0 saturated carbocycles. The molecule has 0 unspecified atom stereocenters. The number of amides is 1. The number of hydrogen-bond acceptors (Lipinski definition) is 2. The second-order valence-electron chi connectivity index (χ2n) is 3.60.